The largest absolute Gasteiger partial charge is 0.373 e. The Morgan fingerprint density at radius 1 is 0.532 bits per heavy atom. The molecule has 47 heavy (non-hydrogen) atoms. The molecule has 1 aliphatic rings. The van der Waals surface area contributed by atoms with Gasteiger partial charge in [-0.05, 0) is 97.6 Å². The van der Waals surface area contributed by atoms with Crippen LogP contribution in [0.25, 0.3) is 0 Å². The van der Waals surface area contributed by atoms with Crippen LogP contribution in [0.3, 0.4) is 0 Å². The lowest BCUT2D eigenvalue weighted by molar-refractivity contribution is -0.199. The zero-order valence-corrected chi connectivity index (χ0v) is 32.2. The normalized spacial score (nSPS) is 19.1. The number of allylic oxidation sites excluding steroid dienone is 8. The maximum atomic E-state index is 6.69. The van der Waals surface area contributed by atoms with E-state index in [2.05, 4.69) is 81.5 Å². The van der Waals surface area contributed by atoms with Crippen molar-refractivity contribution < 1.29 is 9.47 Å². The molecule has 0 aliphatic carbocycles. The molecule has 1 saturated heterocycles. The molecular formula is C44H81NO2. The van der Waals surface area contributed by atoms with Crippen molar-refractivity contribution in [1.29, 1.82) is 0 Å². The van der Waals surface area contributed by atoms with Gasteiger partial charge < -0.3 is 14.4 Å². The average molecular weight is 656 g/mol. The van der Waals surface area contributed by atoms with Crippen LogP contribution in [0.4, 0.5) is 0 Å². The molecule has 0 spiro atoms. The van der Waals surface area contributed by atoms with Crippen molar-refractivity contribution in [3.63, 3.8) is 0 Å². The number of hydrogen-bond acceptors (Lipinski definition) is 3. The second kappa shape index (κ2) is 33.3. The highest BCUT2D eigenvalue weighted by Crippen LogP contribution is 2.32. The molecule has 3 heteroatoms. The van der Waals surface area contributed by atoms with Gasteiger partial charge in [0, 0.05) is 6.54 Å². The predicted octanol–water partition coefficient (Wildman–Crippen LogP) is 13.5. The molecule has 1 fully saturated rings. The summed E-state index contributed by atoms with van der Waals surface area (Å²) in [4.78, 5) is 2.25. The summed E-state index contributed by atoms with van der Waals surface area (Å²) in [5, 5.41) is 0. The summed E-state index contributed by atoms with van der Waals surface area (Å²) in [5.41, 5.74) is -0.0426. The van der Waals surface area contributed by atoms with E-state index in [9.17, 15) is 0 Å². The van der Waals surface area contributed by atoms with Crippen molar-refractivity contribution in [3.05, 3.63) is 48.6 Å². The number of unbranched alkanes of at least 4 members (excludes halogenated alkanes) is 18. The number of rotatable bonds is 33. The first-order valence-electron chi connectivity index (χ1n) is 20.6. The van der Waals surface area contributed by atoms with Gasteiger partial charge >= 0.3 is 0 Å². The summed E-state index contributed by atoms with van der Waals surface area (Å²) in [7, 11) is 4.29. The molecule has 3 nitrogen and oxygen atoms in total. The van der Waals surface area contributed by atoms with Crippen LogP contribution in [0.5, 0.6) is 0 Å². The van der Waals surface area contributed by atoms with E-state index in [0.717, 1.165) is 39.0 Å². The molecule has 1 rings (SSSR count). The van der Waals surface area contributed by atoms with E-state index in [1.54, 1.807) is 0 Å². The van der Waals surface area contributed by atoms with E-state index < -0.39 is 0 Å². The van der Waals surface area contributed by atoms with Crippen LogP contribution in [-0.2, 0) is 9.47 Å². The predicted molar refractivity (Wildman–Crippen MR) is 210 cm³/mol. The van der Waals surface area contributed by atoms with Crippen molar-refractivity contribution in [2.45, 2.75) is 199 Å². The SMILES string of the molecule is CCCCCC=CCC=CCCCCCCCCC1(CCCCCCCCC=CCC=CCCCCC)COC(CCN(C)C)CO1. The van der Waals surface area contributed by atoms with Crippen LogP contribution in [0.1, 0.15) is 187 Å². The Balaban J connectivity index is 2.19. The van der Waals surface area contributed by atoms with E-state index >= 15 is 0 Å². The summed E-state index contributed by atoms with van der Waals surface area (Å²) < 4.78 is 13.1. The van der Waals surface area contributed by atoms with Gasteiger partial charge in [-0.2, -0.15) is 0 Å². The molecule has 0 radical (unpaired) electrons. The van der Waals surface area contributed by atoms with E-state index in [0.29, 0.717) is 0 Å². The second-order valence-corrected chi connectivity index (χ2v) is 14.7. The van der Waals surface area contributed by atoms with Crippen molar-refractivity contribution in [1.82, 2.24) is 4.90 Å². The van der Waals surface area contributed by atoms with Crippen LogP contribution in [0, 0.1) is 0 Å². The summed E-state index contributed by atoms with van der Waals surface area (Å²) in [6, 6.07) is 0. The maximum Gasteiger partial charge on any atom is 0.0916 e. The Morgan fingerprint density at radius 2 is 0.936 bits per heavy atom. The summed E-state index contributed by atoms with van der Waals surface area (Å²) >= 11 is 0. The molecule has 0 aromatic heterocycles. The molecule has 0 bridgehead atoms. The van der Waals surface area contributed by atoms with Gasteiger partial charge in [0.2, 0.25) is 0 Å². The van der Waals surface area contributed by atoms with Crippen molar-refractivity contribution >= 4 is 0 Å². The van der Waals surface area contributed by atoms with Gasteiger partial charge in [0.15, 0.2) is 0 Å². The number of hydrogen-bond donors (Lipinski definition) is 0. The van der Waals surface area contributed by atoms with Gasteiger partial charge in [-0.25, -0.2) is 0 Å². The third kappa shape index (κ3) is 28.4. The first-order valence-corrected chi connectivity index (χ1v) is 20.6. The molecule has 1 aliphatic heterocycles. The molecule has 0 aromatic rings. The summed E-state index contributed by atoms with van der Waals surface area (Å²) in [5.74, 6) is 0. The second-order valence-electron chi connectivity index (χ2n) is 14.7. The minimum atomic E-state index is -0.0426. The monoisotopic (exact) mass is 656 g/mol. The topological polar surface area (TPSA) is 21.7 Å². The van der Waals surface area contributed by atoms with Gasteiger partial charge in [0.05, 0.1) is 24.9 Å². The Kier molecular flexibility index (Phi) is 31.1. The van der Waals surface area contributed by atoms with E-state index in [1.807, 2.05) is 0 Å². The van der Waals surface area contributed by atoms with E-state index in [-0.39, 0.29) is 11.7 Å². The lowest BCUT2D eigenvalue weighted by Crippen LogP contribution is -2.47. The van der Waals surface area contributed by atoms with Crippen LogP contribution in [0.15, 0.2) is 48.6 Å². The molecule has 1 heterocycles. The van der Waals surface area contributed by atoms with Gasteiger partial charge in [0.25, 0.3) is 0 Å². The Hall–Kier alpha value is -1.16. The zero-order valence-electron chi connectivity index (χ0n) is 32.2. The zero-order chi connectivity index (χ0) is 33.9. The molecular weight excluding hydrogens is 574 g/mol. The highest BCUT2D eigenvalue weighted by molar-refractivity contribution is 4.93. The fourth-order valence-corrected chi connectivity index (χ4v) is 6.48. The van der Waals surface area contributed by atoms with Crippen molar-refractivity contribution in [2.24, 2.45) is 0 Å². The number of ether oxygens (including phenoxy) is 2. The third-order valence-corrected chi connectivity index (χ3v) is 9.72. The Labute approximate surface area is 295 Å². The molecule has 1 unspecified atom stereocenters. The number of nitrogens with zero attached hydrogens (tertiary/aromatic N) is 1. The lowest BCUT2D eigenvalue weighted by atomic mass is 9.89. The van der Waals surface area contributed by atoms with Gasteiger partial charge in [-0.1, -0.05) is 152 Å². The quantitative estimate of drug-likeness (QED) is 0.0519. The highest BCUT2D eigenvalue weighted by atomic mass is 16.6. The van der Waals surface area contributed by atoms with Gasteiger partial charge in [-0.3, -0.25) is 0 Å². The Bertz CT molecular complexity index is 709. The van der Waals surface area contributed by atoms with Gasteiger partial charge in [0.1, 0.15) is 0 Å². The highest BCUT2D eigenvalue weighted by Gasteiger charge is 2.36. The van der Waals surface area contributed by atoms with Crippen LogP contribution in [-0.4, -0.2) is 50.5 Å². The first kappa shape index (κ1) is 43.9. The molecule has 0 N–H and O–H groups in total. The molecule has 274 valence electrons. The first-order chi connectivity index (χ1) is 23.1. The van der Waals surface area contributed by atoms with Crippen LogP contribution < -0.4 is 0 Å². The standard InChI is InChI=1S/C44H81NO2/c1-5-7-9-11-13-15-17-19-21-23-25-27-29-31-33-35-38-44(42-46-43(41-47-44)37-40-45(3)4)39-36-34-32-30-28-26-24-22-20-18-16-14-12-10-8-6-2/h13-16,19-22,43H,5-12,17-18,23-42H2,1-4H3. The van der Waals surface area contributed by atoms with E-state index in [4.69, 9.17) is 9.47 Å². The van der Waals surface area contributed by atoms with Crippen molar-refractivity contribution in [2.75, 3.05) is 33.9 Å². The summed E-state index contributed by atoms with van der Waals surface area (Å²) in [6.07, 6.45) is 53.8. The van der Waals surface area contributed by atoms with Crippen LogP contribution >= 0.6 is 0 Å². The summed E-state index contributed by atoms with van der Waals surface area (Å²) in [6.45, 7) is 7.18. The maximum absolute atomic E-state index is 6.69. The molecule has 0 aromatic carbocycles. The Morgan fingerprint density at radius 3 is 1.32 bits per heavy atom. The molecule has 1 atom stereocenters. The fourth-order valence-electron chi connectivity index (χ4n) is 6.48. The minimum Gasteiger partial charge on any atom is -0.373 e. The minimum absolute atomic E-state index is 0.0426. The van der Waals surface area contributed by atoms with Crippen molar-refractivity contribution in [3.8, 4) is 0 Å². The fraction of sp³-hybridized carbons (Fsp3) is 0.818. The average Bonchev–Trinajstić information content (AvgIpc) is 3.07. The lowest BCUT2D eigenvalue weighted by Gasteiger charge is -2.41. The van der Waals surface area contributed by atoms with E-state index in [1.165, 1.54) is 154 Å². The third-order valence-electron chi connectivity index (χ3n) is 9.72. The molecule has 0 saturated carbocycles. The van der Waals surface area contributed by atoms with Gasteiger partial charge in [-0.15, -0.1) is 0 Å². The van der Waals surface area contributed by atoms with Crippen LogP contribution in [0.2, 0.25) is 0 Å². The molecule has 0 amide bonds. The smallest absolute Gasteiger partial charge is 0.0916 e.